The van der Waals surface area contributed by atoms with E-state index in [9.17, 15) is 4.79 Å². The lowest BCUT2D eigenvalue weighted by Gasteiger charge is -2.47. The number of carbonyl (C=O) groups is 1. The molecule has 0 radical (unpaired) electrons. The van der Waals surface area contributed by atoms with E-state index >= 15 is 0 Å². The van der Waals surface area contributed by atoms with Crippen LogP contribution in [-0.4, -0.2) is 58.5 Å². The Morgan fingerprint density at radius 2 is 2.21 bits per heavy atom. The molecule has 0 unspecified atom stereocenters. The van der Waals surface area contributed by atoms with Crippen LogP contribution < -0.4 is 10.6 Å². The predicted octanol–water partition coefficient (Wildman–Crippen LogP) is 1.94. The average Bonchev–Trinajstić information content (AvgIpc) is 2.55. The van der Waals surface area contributed by atoms with Crippen LogP contribution in [0.5, 0.6) is 0 Å². The van der Waals surface area contributed by atoms with Crippen molar-refractivity contribution in [3.05, 3.63) is 11.8 Å². The molecule has 2 aliphatic rings. The Kier molecular flexibility index (Phi) is 5.48. The maximum absolute atomic E-state index is 12.4. The first-order valence-electron chi connectivity index (χ1n) is 8.73. The van der Waals surface area contributed by atoms with E-state index in [1.54, 1.807) is 0 Å². The number of likely N-dealkylation sites (tertiary alicyclic amines) is 1. The van der Waals surface area contributed by atoms with Crippen LogP contribution in [0.3, 0.4) is 0 Å². The number of piperidine rings is 2. The number of rotatable bonds is 5. The molecule has 0 aliphatic carbocycles. The van der Waals surface area contributed by atoms with E-state index < -0.39 is 0 Å². The lowest BCUT2D eigenvalue weighted by molar-refractivity contribution is -0.139. The lowest BCUT2D eigenvalue weighted by Crippen LogP contribution is -2.56. The van der Waals surface area contributed by atoms with Crippen molar-refractivity contribution in [3.8, 4) is 0 Å². The van der Waals surface area contributed by atoms with Gasteiger partial charge in [-0.1, -0.05) is 0 Å². The molecule has 0 aromatic carbocycles. The second-order valence-corrected chi connectivity index (χ2v) is 7.75. The fourth-order valence-electron chi connectivity index (χ4n) is 3.97. The second-order valence-electron chi connectivity index (χ2n) is 6.76. The third-order valence-electron chi connectivity index (χ3n) is 5.07. The number of hydrogen-bond donors (Lipinski definition) is 1. The molecule has 0 spiro atoms. The van der Waals surface area contributed by atoms with Gasteiger partial charge in [0.15, 0.2) is 0 Å². The molecule has 1 amide bonds. The summed E-state index contributed by atoms with van der Waals surface area (Å²) in [4.78, 5) is 25.4. The van der Waals surface area contributed by atoms with Gasteiger partial charge in [0, 0.05) is 43.9 Å². The van der Waals surface area contributed by atoms with Crippen LogP contribution >= 0.6 is 11.8 Å². The number of nitrogens with zero attached hydrogens (tertiary/aromatic N) is 4. The predicted molar refractivity (Wildman–Crippen MR) is 99.2 cm³/mol. The first kappa shape index (κ1) is 17.3. The van der Waals surface area contributed by atoms with Crippen LogP contribution in [0.1, 0.15) is 31.4 Å². The normalized spacial score (nSPS) is 24.2. The Morgan fingerprint density at radius 3 is 2.96 bits per heavy atom. The molecular weight excluding hydrogens is 322 g/mol. The molecule has 7 heteroatoms. The fourth-order valence-corrected chi connectivity index (χ4v) is 4.38. The summed E-state index contributed by atoms with van der Waals surface area (Å²) < 4.78 is 0. The molecule has 2 atom stereocenters. The standard InChI is InChI=1S/C17H27N5OS/c1-12-10-15(20-17(18)19-12)21-8-6-14-13(11-21)4-5-16(23)22(14)7-3-9-24-2/h10,13-14H,3-9,11H2,1-2H3,(H2,18,19,20)/t13-,14+/m0/s1. The summed E-state index contributed by atoms with van der Waals surface area (Å²) in [6.07, 6.45) is 5.88. The van der Waals surface area contributed by atoms with Gasteiger partial charge in [-0.15, -0.1) is 0 Å². The monoisotopic (exact) mass is 349 g/mol. The van der Waals surface area contributed by atoms with Crippen molar-refractivity contribution >= 4 is 29.4 Å². The van der Waals surface area contributed by atoms with E-state index in [1.807, 2.05) is 24.8 Å². The van der Waals surface area contributed by atoms with Crippen molar-refractivity contribution < 1.29 is 4.79 Å². The molecule has 24 heavy (non-hydrogen) atoms. The van der Waals surface area contributed by atoms with E-state index in [2.05, 4.69) is 26.0 Å². The van der Waals surface area contributed by atoms with E-state index in [0.29, 0.717) is 30.2 Å². The minimum Gasteiger partial charge on any atom is -0.368 e. The number of nitrogens with two attached hydrogens (primary N) is 1. The topological polar surface area (TPSA) is 75.4 Å². The molecule has 3 heterocycles. The van der Waals surface area contributed by atoms with Crippen molar-refractivity contribution in [2.24, 2.45) is 5.92 Å². The van der Waals surface area contributed by atoms with Crippen LogP contribution in [0.2, 0.25) is 0 Å². The van der Waals surface area contributed by atoms with Crippen molar-refractivity contribution in [2.45, 2.75) is 38.6 Å². The number of aryl methyl sites for hydroxylation is 1. The Hall–Kier alpha value is -1.50. The first-order valence-corrected chi connectivity index (χ1v) is 10.1. The van der Waals surface area contributed by atoms with Gasteiger partial charge in [-0.05, 0) is 44.1 Å². The van der Waals surface area contributed by atoms with Crippen LogP contribution in [0.15, 0.2) is 6.07 Å². The molecule has 132 valence electrons. The Labute approximate surface area is 148 Å². The smallest absolute Gasteiger partial charge is 0.222 e. The number of thioether (sulfide) groups is 1. The third kappa shape index (κ3) is 3.77. The number of fused-ring (bicyclic) bond motifs is 1. The molecule has 0 saturated carbocycles. The Morgan fingerprint density at radius 1 is 1.38 bits per heavy atom. The minimum atomic E-state index is 0.338. The van der Waals surface area contributed by atoms with E-state index in [0.717, 1.165) is 56.2 Å². The van der Waals surface area contributed by atoms with E-state index in [-0.39, 0.29) is 0 Å². The molecule has 6 nitrogen and oxygen atoms in total. The number of aromatic nitrogens is 2. The zero-order valence-electron chi connectivity index (χ0n) is 14.6. The van der Waals surface area contributed by atoms with E-state index in [1.165, 1.54) is 0 Å². The quantitative estimate of drug-likeness (QED) is 0.819. The van der Waals surface area contributed by atoms with Crippen LogP contribution in [0.4, 0.5) is 11.8 Å². The van der Waals surface area contributed by atoms with Crippen LogP contribution in [-0.2, 0) is 4.79 Å². The number of hydrogen-bond acceptors (Lipinski definition) is 6. The maximum atomic E-state index is 12.4. The summed E-state index contributed by atoms with van der Waals surface area (Å²) >= 11 is 1.85. The number of carbonyl (C=O) groups excluding carboxylic acids is 1. The molecule has 2 N–H and O–H groups in total. The molecule has 1 aromatic rings. The summed E-state index contributed by atoms with van der Waals surface area (Å²) in [6, 6.07) is 2.39. The highest BCUT2D eigenvalue weighted by Gasteiger charge is 2.39. The van der Waals surface area contributed by atoms with Gasteiger partial charge in [-0.25, -0.2) is 4.98 Å². The molecule has 0 bridgehead atoms. The van der Waals surface area contributed by atoms with Gasteiger partial charge in [0.05, 0.1) is 0 Å². The molecule has 2 fully saturated rings. The highest BCUT2D eigenvalue weighted by atomic mass is 32.2. The van der Waals surface area contributed by atoms with Crippen LogP contribution in [0.25, 0.3) is 0 Å². The molecule has 1 aromatic heterocycles. The van der Waals surface area contributed by atoms with Gasteiger partial charge >= 0.3 is 0 Å². The summed E-state index contributed by atoms with van der Waals surface area (Å²) in [5, 5.41) is 0. The fraction of sp³-hybridized carbons (Fsp3) is 0.706. The van der Waals surface area contributed by atoms with Crippen LogP contribution in [0, 0.1) is 12.8 Å². The molecular formula is C17H27N5OS. The molecule has 3 rings (SSSR count). The van der Waals surface area contributed by atoms with E-state index in [4.69, 9.17) is 5.73 Å². The highest BCUT2D eigenvalue weighted by molar-refractivity contribution is 7.98. The largest absolute Gasteiger partial charge is 0.368 e. The summed E-state index contributed by atoms with van der Waals surface area (Å²) in [7, 11) is 0. The molecule has 2 saturated heterocycles. The van der Waals surface area contributed by atoms with Gasteiger partial charge in [0.1, 0.15) is 5.82 Å². The molecule has 2 aliphatic heterocycles. The maximum Gasteiger partial charge on any atom is 0.222 e. The summed E-state index contributed by atoms with van der Waals surface area (Å²) in [6.45, 7) is 4.72. The summed E-state index contributed by atoms with van der Waals surface area (Å²) in [5.74, 6) is 3.25. The first-order chi connectivity index (χ1) is 11.6. The third-order valence-corrected chi connectivity index (χ3v) is 5.77. The van der Waals surface area contributed by atoms with Crippen molar-refractivity contribution in [2.75, 3.05) is 42.3 Å². The Balaban J connectivity index is 1.68. The minimum absolute atomic E-state index is 0.338. The zero-order chi connectivity index (χ0) is 17.1. The Bertz CT molecular complexity index is 576. The van der Waals surface area contributed by atoms with Crippen molar-refractivity contribution in [1.29, 1.82) is 0 Å². The second kappa shape index (κ2) is 7.59. The number of anilines is 2. The average molecular weight is 350 g/mol. The lowest BCUT2D eigenvalue weighted by atomic mass is 9.83. The van der Waals surface area contributed by atoms with Gasteiger partial charge in [0.2, 0.25) is 11.9 Å². The van der Waals surface area contributed by atoms with Gasteiger partial charge in [0.25, 0.3) is 0 Å². The number of nitrogen functional groups attached to an aromatic ring is 1. The van der Waals surface area contributed by atoms with Gasteiger partial charge in [-0.3, -0.25) is 4.79 Å². The highest BCUT2D eigenvalue weighted by Crippen LogP contribution is 2.33. The number of amides is 1. The van der Waals surface area contributed by atoms with Crippen molar-refractivity contribution in [1.82, 2.24) is 14.9 Å². The van der Waals surface area contributed by atoms with Gasteiger partial charge < -0.3 is 15.5 Å². The zero-order valence-corrected chi connectivity index (χ0v) is 15.4. The van der Waals surface area contributed by atoms with Gasteiger partial charge in [-0.2, -0.15) is 16.7 Å². The SMILES string of the molecule is CSCCCN1C(=O)CC[C@H]2CN(c3cc(C)nc(N)n3)CC[C@H]21. The summed E-state index contributed by atoms with van der Waals surface area (Å²) in [5.41, 5.74) is 6.70. The van der Waals surface area contributed by atoms with Crippen molar-refractivity contribution in [3.63, 3.8) is 0 Å².